The number of urea groups is 1. The van der Waals surface area contributed by atoms with Crippen molar-refractivity contribution in [1.29, 1.82) is 0 Å². The van der Waals surface area contributed by atoms with Crippen molar-refractivity contribution >= 4 is 11.8 Å². The third-order valence-corrected chi connectivity index (χ3v) is 4.55. The van der Waals surface area contributed by atoms with Gasteiger partial charge in [0.05, 0.1) is 0 Å². The van der Waals surface area contributed by atoms with E-state index in [1.807, 2.05) is 32.2 Å². The molecule has 0 radical (unpaired) electrons. The normalized spacial score (nSPS) is 14.0. The molecule has 1 aliphatic rings. The molecule has 0 bridgehead atoms. The predicted molar refractivity (Wildman–Crippen MR) is 103 cm³/mol. The lowest BCUT2D eigenvalue weighted by Gasteiger charge is -2.16. The van der Waals surface area contributed by atoms with Crippen LogP contribution in [0.3, 0.4) is 0 Å². The SMILES string of the molecule is CC(C)c1noc(CCCNC(=O)NCc2ccc(N3CCCC3)nc2)n1. The van der Waals surface area contributed by atoms with Crippen LogP contribution in [0.4, 0.5) is 10.6 Å². The van der Waals surface area contributed by atoms with Gasteiger partial charge in [-0.2, -0.15) is 4.98 Å². The number of carbonyl (C=O) groups is 1. The number of nitrogens with zero attached hydrogens (tertiary/aromatic N) is 4. The number of nitrogens with one attached hydrogen (secondary N) is 2. The molecule has 2 aromatic rings. The van der Waals surface area contributed by atoms with Gasteiger partial charge in [0.1, 0.15) is 5.82 Å². The summed E-state index contributed by atoms with van der Waals surface area (Å²) in [6.07, 6.45) is 5.70. The predicted octanol–water partition coefficient (Wildman–Crippen LogP) is 2.62. The maximum atomic E-state index is 11.9. The molecular formula is C19H28N6O2. The number of aromatic nitrogens is 3. The fraction of sp³-hybridized carbons (Fsp3) is 0.579. The van der Waals surface area contributed by atoms with Crippen molar-refractivity contribution in [1.82, 2.24) is 25.8 Å². The van der Waals surface area contributed by atoms with Gasteiger partial charge in [-0.15, -0.1) is 0 Å². The van der Waals surface area contributed by atoms with Crippen LogP contribution in [0.25, 0.3) is 0 Å². The number of hydrogen-bond donors (Lipinski definition) is 2. The summed E-state index contributed by atoms with van der Waals surface area (Å²) in [5.74, 6) is 2.61. The molecule has 1 saturated heterocycles. The number of aryl methyl sites for hydroxylation is 1. The van der Waals surface area contributed by atoms with Gasteiger partial charge in [-0.05, 0) is 30.9 Å². The Balaban J connectivity index is 1.32. The van der Waals surface area contributed by atoms with Crippen LogP contribution >= 0.6 is 0 Å². The third kappa shape index (κ3) is 5.67. The molecular weight excluding hydrogens is 344 g/mol. The molecule has 3 heterocycles. The highest BCUT2D eigenvalue weighted by molar-refractivity contribution is 5.73. The van der Waals surface area contributed by atoms with Crippen LogP contribution in [0.2, 0.25) is 0 Å². The second-order valence-electron chi connectivity index (χ2n) is 7.13. The fourth-order valence-electron chi connectivity index (χ4n) is 2.95. The van der Waals surface area contributed by atoms with Gasteiger partial charge in [0.25, 0.3) is 0 Å². The maximum Gasteiger partial charge on any atom is 0.315 e. The van der Waals surface area contributed by atoms with E-state index < -0.39 is 0 Å². The van der Waals surface area contributed by atoms with Crippen LogP contribution in [0.1, 0.15) is 56.3 Å². The first-order chi connectivity index (χ1) is 13.1. The van der Waals surface area contributed by atoms with Gasteiger partial charge in [-0.3, -0.25) is 0 Å². The third-order valence-electron chi connectivity index (χ3n) is 4.55. The number of carbonyl (C=O) groups excluding carboxylic acids is 1. The molecule has 2 N–H and O–H groups in total. The van der Waals surface area contributed by atoms with Crippen LogP contribution in [-0.2, 0) is 13.0 Å². The van der Waals surface area contributed by atoms with Crippen LogP contribution in [-0.4, -0.2) is 40.8 Å². The average Bonchev–Trinajstić information content (AvgIpc) is 3.36. The first kappa shape index (κ1) is 19.1. The lowest BCUT2D eigenvalue weighted by molar-refractivity contribution is 0.240. The lowest BCUT2D eigenvalue weighted by atomic mass is 10.2. The van der Waals surface area contributed by atoms with Gasteiger partial charge < -0.3 is 20.1 Å². The van der Waals surface area contributed by atoms with Gasteiger partial charge in [-0.1, -0.05) is 25.1 Å². The molecule has 8 heteroatoms. The van der Waals surface area contributed by atoms with E-state index in [1.54, 1.807) is 0 Å². The van der Waals surface area contributed by atoms with Crippen molar-refractivity contribution in [3.8, 4) is 0 Å². The first-order valence-corrected chi connectivity index (χ1v) is 9.66. The van der Waals surface area contributed by atoms with Crippen molar-refractivity contribution in [3.63, 3.8) is 0 Å². The lowest BCUT2D eigenvalue weighted by Crippen LogP contribution is -2.35. The smallest absolute Gasteiger partial charge is 0.315 e. The molecule has 2 aromatic heterocycles. The Labute approximate surface area is 159 Å². The van der Waals surface area contributed by atoms with Crippen LogP contribution in [0, 0.1) is 0 Å². The summed E-state index contributed by atoms with van der Waals surface area (Å²) in [4.78, 5) is 23.0. The molecule has 0 spiro atoms. The van der Waals surface area contributed by atoms with Crippen molar-refractivity contribution in [2.75, 3.05) is 24.5 Å². The molecule has 0 saturated carbocycles. The Morgan fingerprint density at radius 2 is 2.07 bits per heavy atom. The molecule has 0 aromatic carbocycles. The summed E-state index contributed by atoms with van der Waals surface area (Å²) in [5, 5.41) is 9.62. The zero-order valence-corrected chi connectivity index (χ0v) is 16.1. The highest BCUT2D eigenvalue weighted by atomic mass is 16.5. The van der Waals surface area contributed by atoms with Crippen molar-refractivity contribution in [2.24, 2.45) is 0 Å². The van der Waals surface area contributed by atoms with E-state index in [2.05, 4.69) is 30.7 Å². The molecule has 0 unspecified atom stereocenters. The minimum absolute atomic E-state index is 0.188. The quantitative estimate of drug-likeness (QED) is 0.692. The molecule has 0 aliphatic carbocycles. The Kier molecular flexibility index (Phi) is 6.62. The summed E-state index contributed by atoms with van der Waals surface area (Å²) >= 11 is 0. The Bertz CT molecular complexity index is 722. The monoisotopic (exact) mass is 372 g/mol. The van der Waals surface area contributed by atoms with Gasteiger partial charge in [0.2, 0.25) is 5.89 Å². The summed E-state index contributed by atoms with van der Waals surface area (Å²) < 4.78 is 5.18. The number of hydrogen-bond acceptors (Lipinski definition) is 6. The summed E-state index contributed by atoms with van der Waals surface area (Å²) in [5.41, 5.74) is 0.986. The van der Waals surface area contributed by atoms with E-state index in [-0.39, 0.29) is 11.9 Å². The minimum atomic E-state index is -0.188. The van der Waals surface area contributed by atoms with E-state index >= 15 is 0 Å². The molecule has 2 amide bonds. The van der Waals surface area contributed by atoms with Crippen molar-refractivity contribution in [3.05, 3.63) is 35.6 Å². The van der Waals surface area contributed by atoms with Gasteiger partial charge >= 0.3 is 6.03 Å². The molecule has 27 heavy (non-hydrogen) atoms. The van der Waals surface area contributed by atoms with Crippen LogP contribution < -0.4 is 15.5 Å². The van der Waals surface area contributed by atoms with E-state index in [1.165, 1.54) is 12.8 Å². The highest BCUT2D eigenvalue weighted by Crippen LogP contribution is 2.17. The maximum absolute atomic E-state index is 11.9. The summed E-state index contributed by atoms with van der Waals surface area (Å²) in [6.45, 7) is 7.22. The molecule has 3 rings (SSSR count). The zero-order chi connectivity index (χ0) is 19.1. The van der Waals surface area contributed by atoms with E-state index in [9.17, 15) is 4.79 Å². The number of pyridine rings is 1. The van der Waals surface area contributed by atoms with Gasteiger partial charge in [0, 0.05) is 44.7 Å². The summed E-state index contributed by atoms with van der Waals surface area (Å²) in [6, 6.07) is 3.85. The average molecular weight is 372 g/mol. The minimum Gasteiger partial charge on any atom is -0.357 e. The second-order valence-corrected chi connectivity index (χ2v) is 7.13. The number of rotatable bonds is 8. The number of amides is 2. The van der Waals surface area contributed by atoms with Crippen molar-refractivity contribution < 1.29 is 9.32 Å². The van der Waals surface area contributed by atoms with E-state index in [0.29, 0.717) is 25.4 Å². The van der Waals surface area contributed by atoms with E-state index in [4.69, 9.17) is 4.52 Å². The molecule has 0 atom stereocenters. The van der Waals surface area contributed by atoms with E-state index in [0.717, 1.165) is 36.7 Å². The fourth-order valence-corrected chi connectivity index (χ4v) is 2.95. The standard InChI is InChI=1S/C19H28N6O2/c1-14(2)18-23-17(27-24-18)6-5-9-20-19(26)22-13-15-7-8-16(21-12-15)25-10-3-4-11-25/h7-8,12,14H,3-6,9-11,13H2,1-2H3,(H2,20,22,26). The largest absolute Gasteiger partial charge is 0.357 e. The molecule has 1 fully saturated rings. The zero-order valence-electron chi connectivity index (χ0n) is 16.1. The van der Waals surface area contributed by atoms with Gasteiger partial charge in [0.15, 0.2) is 5.82 Å². The highest BCUT2D eigenvalue weighted by Gasteiger charge is 2.13. The second kappa shape index (κ2) is 9.34. The summed E-state index contributed by atoms with van der Waals surface area (Å²) in [7, 11) is 0. The Hall–Kier alpha value is -2.64. The van der Waals surface area contributed by atoms with Crippen LogP contribution in [0.5, 0.6) is 0 Å². The Morgan fingerprint density at radius 1 is 1.26 bits per heavy atom. The molecule has 1 aliphatic heterocycles. The van der Waals surface area contributed by atoms with Crippen LogP contribution in [0.15, 0.2) is 22.9 Å². The van der Waals surface area contributed by atoms with Gasteiger partial charge in [-0.25, -0.2) is 9.78 Å². The topological polar surface area (TPSA) is 96.2 Å². The molecule has 146 valence electrons. The first-order valence-electron chi connectivity index (χ1n) is 9.66. The Morgan fingerprint density at radius 3 is 2.74 bits per heavy atom. The van der Waals surface area contributed by atoms with Crippen molar-refractivity contribution in [2.45, 2.75) is 52.0 Å². The number of anilines is 1. The molecule has 8 nitrogen and oxygen atoms in total.